The number of ketones is 1. The zero-order valence-corrected chi connectivity index (χ0v) is 12.8. The number of hydrogen-bond donors (Lipinski definition) is 1. The Hall–Kier alpha value is -2.87. The first-order valence-corrected chi connectivity index (χ1v) is 6.85. The standard InChI is InChI=1S/C17H17N3O2/c1-17(2,3)15-9-14(20-22-15)16(21)12(10-18)11-19-13-7-5-4-6-8-13/h4-9,11,19H,1-3H3/b12-11+. The molecule has 0 aliphatic carbocycles. The second-order valence-electron chi connectivity index (χ2n) is 5.84. The molecule has 1 heterocycles. The molecule has 0 aliphatic heterocycles. The predicted octanol–water partition coefficient (Wildman–Crippen LogP) is 3.67. The molecule has 0 atom stereocenters. The van der Waals surface area contributed by atoms with Gasteiger partial charge in [-0.3, -0.25) is 4.79 Å². The highest BCUT2D eigenvalue weighted by molar-refractivity contribution is 6.10. The van der Waals surface area contributed by atoms with Crippen molar-refractivity contribution in [1.82, 2.24) is 5.16 Å². The van der Waals surface area contributed by atoms with Crippen molar-refractivity contribution in [3.63, 3.8) is 0 Å². The molecule has 5 heteroatoms. The Labute approximate surface area is 129 Å². The van der Waals surface area contributed by atoms with Crippen LogP contribution >= 0.6 is 0 Å². The Balaban J connectivity index is 2.19. The van der Waals surface area contributed by atoms with E-state index < -0.39 is 5.78 Å². The number of benzene rings is 1. The maximum Gasteiger partial charge on any atom is 0.226 e. The number of para-hydroxylation sites is 1. The minimum Gasteiger partial charge on any atom is -0.360 e. The van der Waals surface area contributed by atoms with E-state index in [-0.39, 0.29) is 16.7 Å². The van der Waals surface area contributed by atoms with Crippen LogP contribution in [0.15, 0.2) is 52.7 Å². The topological polar surface area (TPSA) is 78.9 Å². The van der Waals surface area contributed by atoms with Crippen LogP contribution in [0.3, 0.4) is 0 Å². The highest BCUT2D eigenvalue weighted by Gasteiger charge is 2.23. The minimum atomic E-state index is -0.467. The van der Waals surface area contributed by atoms with Crippen LogP contribution < -0.4 is 5.32 Å². The van der Waals surface area contributed by atoms with E-state index >= 15 is 0 Å². The van der Waals surface area contributed by atoms with Gasteiger partial charge in [0.15, 0.2) is 5.69 Å². The van der Waals surface area contributed by atoms with Crippen LogP contribution in [-0.2, 0) is 5.41 Å². The van der Waals surface area contributed by atoms with Gasteiger partial charge in [-0.05, 0) is 12.1 Å². The second kappa shape index (κ2) is 6.27. The fourth-order valence-corrected chi connectivity index (χ4v) is 1.71. The van der Waals surface area contributed by atoms with Crippen molar-refractivity contribution in [2.75, 3.05) is 5.32 Å². The maximum atomic E-state index is 12.3. The maximum absolute atomic E-state index is 12.3. The van der Waals surface area contributed by atoms with E-state index in [0.29, 0.717) is 5.76 Å². The van der Waals surface area contributed by atoms with E-state index in [9.17, 15) is 4.79 Å². The molecule has 0 fully saturated rings. The molecule has 0 saturated heterocycles. The SMILES string of the molecule is CC(C)(C)c1cc(C(=O)/C(C#N)=C/Nc2ccccc2)no1. The van der Waals surface area contributed by atoms with Gasteiger partial charge >= 0.3 is 0 Å². The van der Waals surface area contributed by atoms with Gasteiger partial charge in [0.25, 0.3) is 0 Å². The smallest absolute Gasteiger partial charge is 0.226 e. The Morgan fingerprint density at radius 1 is 1.32 bits per heavy atom. The molecule has 0 unspecified atom stereocenters. The summed E-state index contributed by atoms with van der Waals surface area (Å²) < 4.78 is 5.18. The Bertz CT molecular complexity index is 731. The first-order chi connectivity index (χ1) is 10.4. The number of nitriles is 1. The molecule has 2 aromatic rings. The number of nitrogens with zero attached hydrogens (tertiary/aromatic N) is 2. The van der Waals surface area contributed by atoms with Crippen LogP contribution in [0, 0.1) is 11.3 Å². The molecule has 22 heavy (non-hydrogen) atoms. The molecule has 1 aromatic heterocycles. The largest absolute Gasteiger partial charge is 0.360 e. The first-order valence-electron chi connectivity index (χ1n) is 6.85. The Morgan fingerprint density at radius 3 is 2.55 bits per heavy atom. The van der Waals surface area contributed by atoms with E-state index in [4.69, 9.17) is 9.78 Å². The number of allylic oxidation sites excluding steroid dienone is 1. The fourth-order valence-electron chi connectivity index (χ4n) is 1.71. The summed E-state index contributed by atoms with van der Waals surface area (Å²) in [5, 5.41) is 15.8. The van der Waals surface area contributed by atoms with Crippen molar-refractivity contribution in [1.29, 1.82) is 5.26 Å². The zero-order chi connectivity index (χ0) is 16.2. The average molecular weight is 295 g/mol. The molecule has 112 valence electrons. The summed E-state index contributed by atoms with van der Waals surface area (Å²) in [5.41, 5.74) is 0.647. The van der Waals surface area contributed by atoms with Crippen LogP contribution in [0.4, 0.5) is 5.69 Å². The van der Waals surface area contributed by atoms with Crippen molar-refractivity contribution in [3.8, 4) is 6.07 Å². The second-order valence-corrected chi connectivity index (χ2v) is 5.84. The monoisotopic (exact) mass is 295 g/mol. The van der Waals surface area contributed by atoms with E-state index in [2.05, 4.69) is 10.5 Å². The molecule has 0 bridgehead atoms. The molecule has 0 spiro atoms. The third-order valence-electron chi connectivity index (χ3n) is 3.00. The number of nitrogens with one attached hydrogen (secondary N) is 1. The number of carbonyl (C=O) groups is 1. The van der Waals surface area contributed by atoms with Crippen molar-refractivity contribution < 1.29 is 9.32 Å². The van der Waals surface area contributed by atoms with Crippen LogP contribution in [0.2, 0.25) is 0 Å². The number of aromatic nitrogens is 1. The van der Waals surface area contributed by atoms with E-state index in [1.165, 1.54) is 6.20 Å². The minimum absolute atomic E-state index is 0.0300. The fraction of sp³-hybridized carbons (Fsp3) is 0.235. The third kappa shape index (κ3) is 3.61. The number of hydrogen-bond acceptors (Lipinski definition) is 5. The molecular weight excluding hydrogens is 278 g/mol. The molecular formula is C17H17N3O2. The van der Waals surface area contributed by atoms with E-state index in [0.717, 1.165) is 5.69 Å². The molecule has 2 rings (SSSR count). The number of Topliss-reactive ketones (excluding diaryl/α,β-unsaturated/α-hetero) is 1. The zero-order valence-electron chi connectivity index (χ0n) is 12.8. The van der Waals surface area contributed by atoms with E-state index in [1.807, 2.05) is 57.2 Å². The predicted molar refractivity (Wildman–Crippen MR) is 83.3 cm³/mol. The van der Waals surface area contributed by atoms with Crippen LogP contribution in [0.25, 0.3) is 0 Å². The quantitative estimate of drug-likeness (QED) is 0.529. The van der Waals surface area contributed by atoms with Crippen LogP contribution in [-0.4, -0.2) is 10.9 Å². The summed E-state index contributed by atoms with van der Waals surface area (Å²) in [5.74, 6) is 0.134. The highest BCUT2D eigenvalue weighted by atomic mass is 16.5. The molecule has 0 aliphatic rings. The number of rotatable bonds is 4. The van der Waals surface area contributed by atoms with Crippen LogP contribution in [0.5, 0.6) is 0 Å². The highest BCUT2D eigenvalue weighted by Crippen LogP contribution is 2.23. The molecule has 0 amide bonds. The van der Waals surface area contributed by atoms with Gasteiger partial charge in [0.05, 0.1) is 0 Å². The van der Waals surface area contributed by atoms with Gasteiger partial charge in [0, 0.05) is 23.4 Å². The normalized spacial score (nSPS) is 11.8. The summed E-state index contributed by atoms with van der Waals surface area (Å²) in [6, 6.07) is 12.7. The first kappa shape index (κ1) is 15.5. The van der Waals surface area contributed by atoms with Gasteiger partial charge in [-0.1, -0.05) is 44.1 Å². The molecule has 0 radical (unpaired) electrons. The lowest BCUT2D eigenvalue weighted by atomic mass is 9.93. The Kier molecular flexibility index (Phi) is 4.42. The van der Waals surface area contributed by atoms with Gasteiger partial charge in [-0.2, -0.15) is 5.26 Å². The number of carbonyl (C=O) groups excluding carboxylic acids is 1. The van der Waals surface area contributed by atoms with Gasteiger partial charge in [-0.25, -0.2) is 0 Å². The summed E-state index contributed by atoms with van der Waals surface area (Å²) in [6.07, 6.45) is 1.38. The number of anilines is 1. The Morgan fingerprint density at radius 2 is 2.00 bits per heavy atom. The molecule has 5 nitrogen and oxygen atoms in total. The molecule has 0 saturated carbocycles. The lowest BCUT2D eigenvalue weighted by Crippen LogP contribution is -2.09. The van der Waals surface area contributed by atoms with Gasteiger partial charge < -0.3 is 9.84 Å². The van der Waals surface area contributed by atoms with Crippen LogP contribution in [0.1, 0.15) is 37.0 Å². The lowest BCUT2D eigenvalue weighted by Gasteiger charge is -2.12. The van der Waals surface area contributed by atoms with Gasteiger partial charge in [0.1, 0.15) is 17.4 Å². The summed E-state index contributed by atoms with van der Waals surface area (Å²) in [6.45, 7) is 5.87. The molecule has 1 N–H and O–H groups in total. The van der Waals surface area contributed by atoms with Gasteiger partial charge in [-0.15, -0.1) is 0 Å². The van der Waals surface area contributed by atoms with Gasteiger partial charge in [0.2, 0.25) is 5.78 Å². The summed E-state index contributed by atoms with van der Waals surface area (Å²) in [7, 11) is 0. The van der Waals surface area contributed by atoms with Crippen molar-refractivity contribution in [3.05, 3.63) is 59.6 Å². The lowest BCUT2D eigenvalue weighted by molar-refractivity contribution is 0.103. The van der Waals surface area contributed by atoms with Crippen molar-refractivity contribution in [2.45, 2.75) is 26.2 Å². The molecule has 1 aromatic carbocycles. The van der Waals surface area contributed by atoms with Crippen molar-refractivity contribution in [2.24, 2.45) is 0 Å². The van der Waals surface area contributed by atoms with Crippen molar-refractivity contribution >= 4 is 11.5 Å². The summed E-state index contributed by atoms with van der Waals surface area (Å²) in [4.78, 5) is 12.3. The third-order valence-corrected chi connectivity index (χ3v) is 3.00. The van der Waals surface area contributed by atoms with E-state index in [1.54, 1.807) is 6.07 Å². The summed E-state index contributed by atoms with van der Waals surface area (Å²) >= 11 is 0. The average Bonchev–Trinajstić information content (AvgIpc) is 2.98.